The lowest BCUT2D eigenvalue weighted by Gasteiger charge is -2.44. The van der Waals surface area contributed by atoms with Crippen LogP contribution in [-0.2, 0) is 14.4 Å². The zero-order valence-corrected chi connectivity index (χ0v) is 29.0. The second-order valence-electron chi connectivity index (χ2n) is 12.9. The topological polar surface area (TPSA) is 83.3 Å². The van der Waals surface area contributed by atoms with E-state index in [4.69, 9.17) is 19.1 Å². The van der Waals surface area contributed by atoms with E-state index < -0.39 is 18.3 Å². The average Bonchev–Trinajstić information content (AvgIpc) is 3.31. The molecule has 1 aliphatic carbocycles. The summed E-state index contributed by atoms with van der Waals surface area (Å²) in [5.41, 5.74) is 6.32. The molecule has 1 unspecified atom stereocenters. The van der Waals surface area contributed by atoms with Gasteiger partial charge in [0.15, 0.2) is 0 Å². The van der Waals surface area contributed by atoms with Gasteiger partial charge in [0.05, 0.1) is 35.0 Å². The average molecular weight is 632 g/mol. The van der Waals surface area contributed by atoms with Crippen LogP contribution < -0.4 is 4.74 Å². The number of ether oxygens (including phenoxy) is 1. The van der Waals surface area contributed by atoms with E-state index in [0.717, 1.165) is 47.2 Å². The van der Waals surface area contributed by atoms with Crippen molar-refractivity contribution in [3.63, 3.8) is 0 Å². The van der Waals surface area contributed by atoms with Gasteiger partial charge in [-0.15, -0.1) is 0 Å². The lowest BCUT2D eigenvalue weighted by molar-refractivity contribution is 0.161. The normalized spacial score (nSPS) is 16.2. The third kappa shape index (κ3) is 5.43. The van der Waals surface area contributed by atoms with Crippen molar-refractivity contribution in [3.05, 3.63) is 78.3 Å². The van der Waals surface area contributed by atoms with Gasteiger partial charge >= 0.3 is 0 Å². The lowest BCUT2D eigenvalue weighted by atomic mass is 10.1. The van der Waals surface area contributed by atoms with E-state index in [0.29, 0.717) is 39.3 Å². The van der Waals surface area contributed by atoms with Crippen LogP contribution in [-0.4, -0.2) is 37.8 Å². The smallest absolute Gasteiger partial charge is 0.268 e. The molecule has 0 fully saturated rings. The predicted octanol–water partition coefficient (Wildman–Crippen LogP) is 9.08. The molecule has 2 aromatic heterocycles. The number of fused-ring (bicyclic) bond motifs is 2. The van der Waals surface area contributed by atoms with Crippen LogP contribution in [0.15, 0.2) is 66.2 Å². The van der Waals surface area contributed by atoms with Crippen molar-refractivity contribution < 1.29 is 17.6 Å². The molecule has 9 heteroatoms. The molecule has 234 valence electrons. The van der Waals surface area contributed by atoms with Crippen LogP contribution in [0.2, 0.25) is 16.6 Å². The van der Waals surface area contributed by atoms with Crippen LogP contribution in [0.4, 0.5) is 0 Å². The third-order valence-corrected chi connectivity index (χ3v) is 17.0. The molecular weight excluding hydrogens is 587 g/mol. The molecule has 7 nitrogen and oxygen atoms in total. The Kier molecular flexibility index (Phi) is 8.95. The van der Waals surface area contributed by atoms with Gasteiger partial charge < -0.3 is 9.16 Å². The zero-order chi connectivity index (χ0) is 32.0. The van der Waals surface area contributed by atoms with Gasteiger partial charge in [-0.2, -0.15) is 0 Å². The Morgan fingerprint density at radius 3 is 2.18 bits per heavy atom. The van der Waals surface area contributed by atoms with Crippen LogP contribution in [0.3, 0.4) is 0 Å². The molecule has 0 saturated heterocycles. The summed E-state index contributed by atoms with van der Waals surface area (Å²) in [6.07, 6.45) is 3.95. The monoisotopic (exact) mass is 631 g/mol. The third-order valence-electron chi connectivity index (χ3n) is 9.23. The Morgan fingerprint density at radius 2 is 1.57 bits per heavy atom. The number of hydrogen-bond donors (Lipinski definition) is 0. The predicted molar refractivity (Wildman–Crippen MR) is 181 cm³/mol. The molecule has 1 aliphatic rings. The standard InChI is InChI=1S/C35H45N3O4SSi/c1-22(2)44(23(3)4,24(5)6)42-31-16-12-13-26(8)32-34(31)36-33(35(37-32)41-9)29-21-38(30-15-11-10-14-28(29)30)43(39,40)27-19-17-25(7)18-20-27/h10-11,14-15,17-24,31H,8,12-13,16H2,1-7,9H3. The highest BCUT2D eigenvalue weighted by Gasteiger charge is 2.47. The summed E-state index contributed by atoms with van der Waals surface area (Å²) in [6, 6.07) is 14.4. The molecule has 2 aromatic carbocycles. The highest BCUT2D eigenvalue weighted by molar-refractivity contribution is 7.90. The fraction of sp³-hybridized carbons (Fsp3) is 0.429. The van der Waals surface area contributed by atoms with E-state index in [1.807, 2.05) is 43.3 Å². The quantitative estimate of drug-likeness (QED) is 0.135. The number of methoxy groups -OCH3 is 1. The van der Waals surface area contributed by atoms with Gasteiger partial charge in [0.25, 0.3) is 10.0 Å². The summed E-state index contributed by atoms with van der Waals surface area (Å²) < 4.78 is 42.4. The van der Waals surface area contributed by atoms with Gasteiger partial charge in [0, 0.05) is 17.1 Å². The molecule has 2 heterocycles. The summed E-state index contributed by atoms with van der Waals surface area (Å²) in [7, 11) is -4.58. The zero-order valence-electron chi connectivity index (χ0n) is 27.2. The maximum atomic E-state index is 13.9. The molecule has 0 radical (unpaired) electrons. The highest BCUT2D eigenvalue weighted by Crippen LogP contribution is 2.48. The second kappa shape index (κ2) is 12.3. The van der Waals surface area contributed by atoms with Gasteiger partial charge in [-0.3, -0.25) is 0 Å². The van der Waals surface area contributed by atoms with Crippen molar-refractivity contribution in [1.29, 1.82) is 0 Å². The summed E-state index contributed by atoms with van der Waals surface area (Å²) in [5.74, 6) is 0.335. The number of para-hydroxylation sites is 1. The first-order valence-corrected chi connectivity index (χ1v) is 19.2. The van der Waals surface area contributed by atoms with Crippen LogP contribution in [0, 0.1) is 6.92 Å². The van der Waals surface area contributed by atoms with Crippen molar-refractivity contribution in [2.24, 2.45) is 0 Å². The second-order valence-corrected chi connectivity index (χ2v) is 20.1. The molecule has 0 amide bonds. The molecule has 44 heavy (non-hydrogen) atoms. The van der Waals surface area contributed by atoms with Crippen molar-refractivity contribution in [1.82, 2.24) is 13.9 Å². The number of nitrogens with zero attached hydrogens (tertiary/aromatic N) is 3. The summed E-state index contributed by atoms with van der Waals surface area (Å²) in [6.45, 7) is 20.0. The maximum absolute atomic E-state index is 13.9. The first-order chi connectivity index (χ1) is 20.8. The molecule has 1 atom stereocenters. The van der Waals surface area contributed by atoms with Gasteiger partial charge in [-0.25, -0.2) is 22.4 Å². The molecule has 0 bridgehead atoms. The summed E-state index contributed by atoms with van der Waals surface area (Å²) >= 11 is 0. The van der Waals surface area contributed by atoms with E-state index in [1.165, 1.54) is 3.97 Å². The SMILES string of the molecule is C=C1CCCC(O[Si](C(C)C)(C(C)C)C(C)C)c2nc(-c3cn(S(=O)(=O)c4ccc(C)cc4)c4ccccc34)c(OC)nc21. The fourth-order valence-corrected chi connectivity index (χ4v) is 14.0. The van der Waals surface area contributed by atoms with Crippen LogP contribution in [0.5, 0.6) is 5.88 Å². The molecule has 0 N–H and O–H groups in total. The molecule has 5 rings (SSSR count). The molecule has 0 saturated carbocycles. The van der Waals surface area contributed by atoms with E-state index in [9.17, 15) is 8.42 Å². The van der Waals surface area contributed by atoms with Crippen LogP contribution in [0.1, 0.15) is 83.9 Å². The highest BCUT2D eigenvalue weighted by atomic mass is 32.2. The minimum absolute atomic E-state index is 0.220. The molecule has 0 aliphatic heterocycles. The van der Waals surface area contributed by atoms with E-state index in [-0.39, 0.29) is 11.0 Å². The first-order valence-electron chi connectivity index (χ1n) is 15.6. The number of allylic oxidation sites excluding steroid dienone is 1. The van der Waals surface area contributed by atoms with Crippen molar-refractivity contribution in [2.45, 2.75) is 95.4 Å². The van der Waals surface area contributed by atoms with Gasteiger partial charge in [0.1, 0.15) is 5.69 Å². The first kappa shape index (κ1) is 32.1. The van der Waals surface area contributed by atoms with Gasteiger partial charge in [-0.1, -0.05) is 84.0 Å². The maximum Gasteiger partial charge on any atom is 0.268 e. The number of aryl methyl sites for hydroxylation is 1. The molecule has 4 aromatic rings. The van der Waals surface area contributed by atoms with Gasteiger partial charge in [0.2, 0.25) is 14.2 Å². The van der Waals surface area contributed by atoms with E-state index in [1.54, 1.807) is 25.4 Å². The van der Waals surface area contributed by atoms with E-state index >= 15 is 0 Å². The fourth-order valence-electron chi connectivity index (χ4n) is 7.12. The van der Waals surface area contributed by atoms with Crippen molar-refractivity contribution in [2.75, 3.05) is 7.11 Å². The van der Waals surface area contributed by atoms with Crippen molar-refractivity contribution >= 4 is 34.8 Å². The number of hydrogen-bond acceptors (Lipinski definition) is 6. The molecule has 0 spiro atoms. The van der Waals surface area contributed by atoms with Crippen LogP contribution in [0.25, 0.3) is 27.7 Å². The Hall–Kier alpha value is -3.27. The van der Waals surface area contributed by atoms with Crippen LogP contribution >= 0.6 is 0 Å². The summed E-state index contributed by atoms with van der Waals surface area (Å²) in [5, 5.41) is 0.746. The Labute approximate surface area is 263 Å². The van der Waals surface area contributed by atoms with E-state index in [2.05, 4.69) is 48.1 Å². The Balaban J connectivity index is 1.74. The minimum atomic E-state index is -3.89. The number of benzene rings is 2. The number of rotatable bonds is 9. The largest absolute Gasteiger partial charge is 0.479 e. The number of aromatic nitrogens is 3. The minimum Gasteiger partial charge on any atom is -0.479 e. The summed E-state index contributed by atoms with van der Waals surface area (Å²) in [4.78, 5) is 10.5. The molecular formula is C35H45N3O4SSi. The Bertz CT molecular complexity index is 1770. The van der Waals surface area contributed by atoms with Crippen molar-refractivity contribution in [3.8, 4) is 17.1 Å². The van der Waals surface area contributed by atoms with Gasteiger partial charge in [-0.05, 0) is 66.6 Å². The lowest BCUT2D eigenvalue weighted by Crippen LogP contribution is -2.48. The Morgan fingerprint density at radius 1 is 0.932 bits per heavy atom.